The fraction of sp³-hybridized carbons (Fsp3) is 0.533. The Balaban J connectivity index is 2.13. The first-order valence-electron chi connectivity index (χ1n) is 6.87. The molecule has 0 unspecified atom stereocenters. The summed E-state index contributed by atoms with van der Waals surface area (Å²) in [7, 11) is 0. The number of hydrogen-bond acceptors (Lipinski definition) is 2. The summed E-state index contributed by atoms with van der Waals surface area (Å²) in [5, 5.41) is 9.15. The SMILES string of the molecule is CCCCN(Cc1ccc(F)cc1C(=O)O)C1CC1. The van der Waals surface area contributed by atoms with Crippen molar-refractivity contribution < 1.29 is 14.3 Å². The number of carboxylic acids is 1. The molecule has 0 bridgehead atoms. The van der Waals surface area contributed by atoms with Crippen LogP contribution in [0, 0.1) is 5.82 Å². The molecule has 0 heterocycles. The molecule has 0 aliphatic heterocycles. The monoisotopic (exact) mass is 265 g/mol. The lowest BCUT2D eigenvalue weighted by Gasteiger charge is -2.22. The molecule has 19 heavy (non-hydrogen) atoms. The number of rotatable bonds is 7. The Kier molecular flexibility index (Phi) is 4.53. The predicted molar refractivity (Wildman–Crippen MR) is 71.7 cm³/mol. The fourth-order valence-electron chi connectivity index (χ4n) is 2.30. The Morgan fingerprint density at radius 3 is 2.79 bits per heavy atom. The zero-order valence-corrected chi connectivity index (χ0v) is 11.2. The van der Waals surface area contributed by atoms with Crippen LogP contribution in [0.1, 0.15) is 48.5 Å². The van der Waals surface area contributed by atoms with Gasteiger partial charge in [-0.25, -0.2) is 9.18 Å². The van der Waals surface area contributed by atoms with Crippen LogP contribution in [0.2, 0.25) is 0 Å². The number of carboxylic acid groups (broad SMARTS) is 1. The number of unbranched alkanes of at least 4 members (excludes halogenated alkanes) is 1. The van der Waals surface area contributed by atoms with E-state index >= 15 is 0 Å². The summed E-state index contributed by atoms with van der Waals surface area (Å²) in [6.07, 6.45) is 4.61. The van der Waals surface area contributed by atoms with Gasteiger partial charge in [0.05, 0.1) is 5.56 Å². The van der Waals surface area contributed by atoms with Crippen LogP contribution >= 0.6 is 0 Å². The van der Waals surface area contributed by atoms with Gasteiger partial charge in [0.2, 0.25) is 0 Å². The largest absolute Gasteiger partial charge is 0.478 e. The highest BCUT2D eigenvalue weighted by Gasteiger charge is 2.29. The summed E-state index contributed by atoms with van der Waals surface area (Å²) in [5.41, 5.74) is 0.791. The minimum Gasteiger partial charge on any atom is -0.478 e. The van der Waals surface area contributed by atoms with Gasteiger partial charge in [0.25, 0.3) is 0 Å². The second kappa shape index (κ2) is 6.15. The molecule has 0 radical (unpaired) electrons. The second-order valence-corrected chi connectivity index (χ2v) is 5.16. The summed E-state index contributed by atoms with van der Waals surface area (Å²) in [6.45, 7) is 3.73. The van der Waals surface area contributed by atoms with Crippen LogP contribution in [0.25, 0.3) is 0 Å². The van der Waals surface area contributed by atoms with E-state index in [1.165, 1.54) is 18.9 Å². The van der Waals surface area contributed by atoms with Crippen LogP contribution in [0.5, 0.6) is 0 Å². The van der Waals surface area contributed by atoms with Gasteiger partial charge in [-0.05, 0) is 43.5 Å². The third-order valence-electron chi connectivity index (χ3n) is 3.54. The molecule has 1 N–H and O–H groups in total. The number of nitrogens with zero attached hydrogens (tertiary/aromatic N) is 1. The molecule has 1 aliphatic carbocycles. The maximum atomic E-state index is 13.1. The Labute approximate surface area is 113 Å². The van der Waals surface area contributed by atoms with Gasteiger partial charge in [0.15, 0.2) is 0 Å². The van der Waals surface area contributed by atoms with E-state index in [1.54, 1.807) is 6.07 Å². The lowest BCUT2D eigenvalue weighted by molar-refractivity contribution is 0.0693. The van der Waals surface area contributed by atoms with Crippen LogP contribution < -0.4 is 0 Å². The van der Waals surface area contributed by atoms with Gasteiger partial charge in [-0.15, -0.1) is 0 Å². The molecule has 0 aromatic heterocycles. The molecule has 0 saturated heterocycles. The molecule has 1 saturated carbocycles. The minimum absolute atomic E-state index is 0.0853. The van der Waals surface area contributed by atoms with Crippen molar-refractivity contribution in [3.8, 4) is 0 Å². The first-order chi connectivity index (χ1) is 9.11. The molecule has 0 spiro atoms. The maximum absolute atomic E-state index is 13.1. The first-order valence-corrected chi connectivity index (χ1v) is 6.87. The summed E-state index contributed by atoms with van der Waals surface area (Å²) in [5.74, 6) is -1.55. The lowest BCUT2D eigenvalue weighted by atomic mass is 10.1. The molecule has 0 atom stereocenters. The number of halogens is 1. The van der Waals surface area contributed by atoms with E-state index in [9.17, 15) is 9.18 Å². The van der Waals surface area contributed by atoms with Crippen molar-refractivity contribution in [2.45, 2.75) is 45.2 Å². The fourth-order valence-corrected chi connectivity index (χ4v) is 2.30. The zero-order valence-electron chi connectivity index (χ0n) is 11.2. The standard InChI is InChI=1S/C15H20FNO2/c1-2-3-8-17(13-6-7-13)10-11-4-5-12(16)9-14(11)15(18)19/h4-5,9,13H,2-3,6-8,10H2,1H3,(H,18,19). The Morgan fingerprint density at radius 1 is 1.47 bits per heavy atom. The number of benzene rings is 1. The summed E-state index contributed by atoms with van der Waals surface area (Å²) in [6, 6.07) is 4.63. The minimum atomic E-state index is -1.05. The van der Waals surface area contributed by atoms with Crippen molar-refractivity contribution in [3.05, 3.63) is 35.1 Å². The molecular formula is C15H20FNO2. The van der Waals surface area contributed by atoms with Crippen molar-refractivity contribution >= 4 is 5.97 Å². The Hall–Kier alpha value is -1.42. The van der Waals surface area contributed by atoms with Crippen molar-refractivity contribution in [1.82, 2.24) is 4.90 Å². The molecule has 1 fully saturated rings. The smallest absolute Gasteiger partial charge is 0.336 e. The average Bonchev–Trinajstić information content (AvgIpc) is 3.20. The van der Waals surface area contributed by atoms with Gasteiger partial charge in [-0.1, -0.05) is 19.4 Å². The second-order valence-electron chi connectivity index (χ2n) is 5.16. The van der Waals surface area contributed by atoms with Crippen molar-refractivity contribution in [2.24, 2.45) is 0 Å². The van der Waals surface area contributed by atoms with E-state index in [-0.39, 0.29) is 5.56 Å². The van der Waals surface area contributed by atoms with Crippen LogP contribution in [0.4, 0.5) is 4.39 Å². The molecule has 0 amide bonds. The van der Waals surface area contributed by atoms with Crippen molar-refractivity contribution in [2.75, 3.05) is 6.54 Å². The first kappa shape index (κ1) is 14.0. The average molecular weight is 265 g/mol. The number of hydrogen-bond donors (Lipinski definition) is 1. The number of carbonyl (C=O) groups is 1. The van der Waals surface area contributed by atoms with E-state index in [1.807, 2.05) is 0 Å². The van der Waals surface area contributed by atoms with Gasteiger partial charge in [-0.3, -0.25) is 4.90 Å². The molecule has 1 aromatic carbocycles. The van der Waals surface area contributed by atoms with E-state index < -0.39 is 11.8 Å². The molecule has 104 valence electrons. The Bertz CT molecular complexity index is 457. The topological polar surface area (TPSA) is 40.5 Å². The van der Waals surface area contributed by atoms with E-state index in [4.69, 9.17) is 5.11 Å². The lowest BCUT2D eigenvalue weighted by Crippen LogP contribution is -2.27. The van der Waals surface area contributed by atoms with Gasteiger partial charge >= 0.3 is 5.97 Å². The van der Waals surface area contributed by atoms with E-state index in [2.05, 4.69) is 11.8 Å². The summed E-state index contributed by atoms with van der Waals surface area (Å²) >= 11 is 0. The summed E-state index contributed by atoms with van der Waals surface area (Å²) in [4.78, 5) is 13.5. The molecule has 1 aromatic rings. The van der Waals surface area contributed by atoms with Crippen molar-refractivity contribution in [1.29, 1.82) is 0 Å². The highest BCUT2D eigenvalue weighted by Crippen LogP contribution is 2.29. The predicted octanol–water partition coefficient (Wildman–Crippen LogP) is 3.29. The quantitative estimate of drug-likeness (QED) is 0.822. The molecule has 1 aliphatic rings. The molecular weight excluding hydrogens is 245 g/mol. The van der Waals surface area contributed by atoms with Gasteiger partial charge in [-0.2, -0.15) is 0 Å². The number of aromatic carboxylic acids is 1. The molecule has 4 heteroatoms. The van der Waals surface area contributed by atoms with Gasteiger partial charge in [0, 0.05) is 12.6 Å². The molecule has 2 rings (SSSR count). The van der Waals surface area contributed by atoms with E-state index in [0.29, 0.717) is 18.2 Å². The molecule has 3 nitrogen and oxygen atoms in total. The van der Waals surface area contributed by atoms with Crippen LogP contribution in [-0.4, -0.2) is 28.6 Å². The summed E-state index contributed by atoms with van der Waals surface area (Å²) < 4.78 is 13.1. The third kappa shape index (κ3) is 3.77. The highest BCUT2D eigenvalue weighted by molar-refractivity contribution is 5.89. The van der Waals surface area contributed by atoms with Gasteiger partial charge in [0.1, 0.15) is 5.82 Å². The van der Waals surface area contributed by atoms with Crippen LogP contribution in [-0.2, 0) is 6.54 Å². The van der Waals surface area contributed by atoms with Crippen LogP contribution in [0.3, 0.4) is 0 Å². The Morgan fingerprint density at radius 2 is 2.21 bits per heavy atom. The maximum Gasteiger partial charge on any atom is 0.336 e. The highest BCUT2D eigenvalue weighted by atomic mass is 19.1. The van der Waals surface area contributed by atoms with Crippen LogP contribution in [0.15, 0.2) is 18.2 Å². The van der Waals surface area contributed by atoms with Gasteiger partial charge < -0.3 is 5.11 Å². The third-order valence-corrected chi connectivity index (χ3v) is 3.54. The zero-order chi connectivity index (χ0) is 13.8. The normalized spacial score (nSPS) is 14.9. The van der Waals surface area contributed by atoms with E-state index in [0.717, 1.165) is 25.5 Å². The van der Waals surface area contributed by atoms with Crippen molar-refractivity contribution in [3.63, 3.8) is 0 Å².